The first-order chi connectivity index (χ1) is 7.89. The van der Waals surface area contributed by atoms with E-state index in [-0.39, 0.29) is 5.03 Å². The van der Waals surface area contributed by atoms with Crippen molar-refractivity contribution >= 4 is 25.4 Å². The topological polar surface area (TPSA) is 51.4 Å². The van der Waals surface area contributed by atoms with Gasteiger partial charge in [0, 0.05) is 16.9 Å². The molecule has 0 saturated carbocycles. The minimum absolute atomic E-state index is 0.0865. The Hall–Kier alpha value is -1.07. The van der Waals surface area contributed by atoms with Gasteiger partial charge in [-0.2, -0.15) is 0 Å². The van der Waals surface area contributed by atoms with Gasteiger partial charge in [-0.3, -0.25) is 4.40 Å². The Bertz CT molecular complexity index is 647. The summed E-state index contributed by atoms with van der Waals surface area (Å²) in [7, 11) is 1.69. The number of hydrogen-bond acceptors (Lipinski definition) is 3. The van der Waals surface area contributed by atoms with Crippen molar-refractivity contribution in [2.75, 3.05) is 0 Å². The van der Waals surface area contributed by atoms with E-state index in [0.29, 0.717) is 23.7 Å². The third kappa shape index (κ3) is 2.45. The molecule has 0 aliphatic rings. The van der Waals surface area contributed by atoms with Crippen LogP contribution >= 0.6 is 10.7 Å². The van der Waals surface area contributed by atoms with E-state index in [1.807, 2.05) is 19.9 Å². The molecule has 2 rings (SSSR count). The Morgan fingerprint density at radius 3 is 2.71 bits per heavy atom. The van der Waals surface area contributed by atoms with Gasteiger partial charge in [-0.1, -0.05) is 19.9 Å². The van der Waals surface area contributed by atoms with Crippen LogP contribution in [0.25, 0.3) is 5.65 Å². The Kier molecular flexibility index (Phi) is 3.14. The molecule has 0 N–H and O–H groups in total. The van der Waals surface area contributed by atoms with Crippen LogP contribution in [0, 0.1) is 5.92 Å². The van der Waals surface area contributed by atoms with Gasteiger partial charge in [0.1, 0.15) is 5.65 Å². The molecule has 0 bridgehead atoms. The zero-order valence-electron chi connectivity index (χ0n) is 9.59. The summed E-state index contributed by atoms with van der Waals surface area (Å²) in [4.78, 5) is 4.32. The summed E-state index contributed by atoms with van der Waals surface area (Å²) in [5.41, 5.74) is 1.13. The predicted molar refractivity (Wildman–Crippen MR) is 66.8 cm³/mol. The second kappa shape index (κ2) is 4.31. The Morgan fingerprint density at radius 2 is 2.12 bits per heavy atom. The maximum Gasteiger partial charge on any atom is 0.279 e. The fourth-order valence-corrected chi connectivity index (χ4v) is 3.09. The summed E-state index contributed by atoms with van der Waals surface area (Å²) in [6, 6.07) is 5.32. The molecule has 6 heteroatoms. The lowest BCUT2D eigenvalue weighted by atomic mass is 10.1. The molecule has 0 radical (unpaired) electrons. The van der Waals surface area contributed by atoms with Gasteiger partial charge in [-0.25, -0.2) is 13.4 Å². The molecule has 0 unspecified atom stereocenters. The second-order valence-electron chi connectivity index (χ2n) is 4.33. The van der Waals surface area contributed by atoms with E-state index in [9.17, 15) is 8.42 Å². The number of pyridine rings is 1. The summed E-state index contributed by atoms with van der Waals surface area (Å²) in [5, 5.41) is 0.0865. The van der Waals surface area contributed by atoms with Crippen LogP contribution < -0.4 is 0 Å². The van der Waals surface area contributed by atoms with Gasteiger partial charge < -0.3 is 0 Å². The SMILES string of the molecule is CC(C)Cc1nc2ccccn2c1S(=O)(=O)Cl. The summed E-state index contributed by atoms with van der Waals surface area (Å²) in [6.07, 6.45) is 2.24. The van der Waals surface area contributed by atoms with Gasteiger partial charge in [-0.15, -0.1) is 0 Å². The van der Waals surface area contributed by atoms with Crippen LogP contribution in [0.5, 0.6) is 0 Å². The van der Waals surface area contributed by atoms with Crippen LogP contribution in [0.1, 0.15) is 19.5 Å². The third-order valence-corrected chi connectivity index (χ3v) is 3.72. The average molecular weight is 273 g/mol. The van der Waals surface area contributed by atoms with Crippen molar-refractivity contribution in [3.05, 3.63) is 30.1 Å². The molecule has 4 nitrogen and oxygen atoms in total. The fourth-order valence-electron chi connectivity index (χ4n) is 1.80. The van der Waals surface area contributed by atoms with E-state index in [2.05, 4.69) is 4.98 Å². The quantitative estimate of drug-likeness (QED) is 0.807. The highest BCUT2D eigenvalue weighted by Crippen LogP contribution is 2.23. The molecule has 0 aliphatic carbocycles. The fraction of sp³-hybridized carbons (Fsp3) is 0.364. The number of halogens is 1. The molecule has 0 atom stereocenters. The molecule has 2 aromatic rings. The van der Waals surface area contributed by atoms with Crippen molar-refractivity contribution in [2.24, 2.45) is 5.92 Å². The Labute approximate surface area is 105 Å². The standard InChI is InChI=1S/C11H13ClN2O2S/c1-8(2)7-9-11(17(12,15)16)14-6-4-3-5-10(14)13-9/h3-6,8H,7H2,1-2H3. The van der Waals surface area contributed by atoms with Crippen molar-refractivity contribution in [3.63, 3.8) is 0 Å². The van der Waals surface area contributed by atoms with Crippen LogP contribution in [-0.4, -0.2) is 17.8 Å². The summed E-state index contributed by atoms with van der Waals surface area (Å²) in [5.74, 6) is 0.317. The monoisotopic (exact) mass is 272 g/mol. The van der Waals surface area contributed by atoms with Gasteiger partial charge >= 0.3 is 0 Å². The number of aromatic nitrogens is 2. The van der Waals surface area contributed by atoms with Crippen molar-refractivity contribution in [1.29, 1.82) is 0 Å². The van der Waals surface area contributed by atoms with Crippen molar-refractivity contribution in [1.82, 2.24) is 9.38 Å². The normalized spacial score (nSPS) is 12.5. The zero-order chi connectivity index (χ0) is 12.6. The molecule has 2 aromatic heterocycles. The van der Waals surface area contributed by atoms with Crippen molar-refractivity contribution in [3.8, 4) is 0 Å². The lowest BCUT2D eigenvalue weighted by Gasteiger charge is -2.03. The largest absolute Gasteiger partial charge is 0.289 e. The predicted octanol–water partition coefficient (Wildman–Crippen LogP) is 2.46. The van der Waals surface area contributed by atoms with Crippen LogP contribution in [0.3, 0.4) is 0 Å². The van der Waals surface area contributed by atoms with Gasteiger partial charge in [0.15, 0.2) is 5.03 Å². The number of nitrogens with zero attached hydrogens (tertiary/aromatic N) is 2. The summed E-state index contributed by atoms with van der Waals surface area (Å²) in [6.45, 7) is 4.02. The van der Waals surface area contributed by atoms with Crippen molar-refractivity contribution in [2.45, 2.75) is 25.3 Å². The lowest BCUT2D eigenvalue weighted by Crippen LogP contribution is -2.03. The zero-order valence-corrected chi connectivity index (χ0v) is 11.2. The van der Waals surface area contributed by atoms with E-state index in [1.54, 1.807) is 18.3 Å². The highest BCUT2D eigenvalue weighted by atomic mass is 35.7. The molecule has 0 spiro atoms. The van der Waals surface area contributed by atoms with Crippen LogP contribution in [0.4, 0.5) is 0 Å². The number of hydrogen-bond donors (Lipinski definition) is 0. The van der Waals surface area contributed by atoms with Gasteiger partial charge in [0.05, 0.1) is 5.69 Å². The number of fused-ring (bicyclic) bond motifs is 1. The number of imidazole rings is 1. The number of rotatable bonds is 3. The van der Waals surface area contributed by atoms with E-state index in [0.717, 1.165) is 0 Å². The minimum atomic E-state index is -3.79. The first kappa shape index (κ1) is 12.4. The molecule has 0 saturated heterocycles. The van der Waals surface area contributed by atoms with E-state index in [4.69, 9.17) is 10.7 Å². The van der Waals surface area contributed by atoms with E-state index in [1.165, 1.54) is 4.40 Å². The molecule has 2 heterocycles. The second-order valence-corrected chi connectivity index (χ2v) is 6.81. The molecule has 0 fully saturated rings. The van der Waals surface area contributed by atoms with E-state index >= 15 is 0 Å². The maximum atomic E-state index is 11.6. The van der Waals surface area contributed by atoms with E-state index < -0.39 is 9.05 Å². The van der Waals surface area contributed by atoms with Crippen LogP contribution in [-0.2, 0) is 15.5 Å². The molecule has 92 valence electrons. The van der Waals surface area contributed by atoms with Gasteiger partial charge in [0.25, 0.3) is 9.05 Å². The molecule has 17 heavy (non-hydrogen) atoms. The molecule has 0 amide bonds. The van der Waals surface area contributed by atoms with Gasteiger partial charge in [0.2, 0.25) is 0 Å². The smallest absolute Gasteiger partial charge is 0.279 e. The first-order valence-electron chi connectivity index (χ1n) is 5.30. The van der Waals surface area contributed by atoms with Crippen LogP contribution in [0.2, 0.25) is 0 Å². The molecular weight excluding hydrogens is 260 g/mol. The third-order valence-electron chi connectivity index (χ3n) is 2.39. The summed E-state index contributed by atoms with van der Waals surface area (Å²) < 4.78 is 24.7. The average Bonchev–Trinajstić information content (AvgIpc) is 2.53. The maximum absolute atomic E-state index is 11.6. The Balaban J connectivity index is 2.74. The Morgan fingerprint density at radius 1 is 1.41 bits per heavy atom. The summed E-state index contributed by atoms with van der Waals surface area (Å²) >= 11 is 0. The van der Waals surface area contributed by atoms with Crippen molar-refractivity contribution < 1.29 is 8.42 Å². The minimum Gasteiger partial charge on any atom is -0.289 e. The lowest BCUT2D eigenvalue weighted by molar-refractivity contribution is 0.594. The highest BCUT2D eigenvalue weighted by Gasteiger charge is 2.23. The molecular formula is C11H13ClN2O2S. The van der Waals surface area contributed by atoms with Gasteiger partial charge in [-0.05, 0) is 24.5 Å². The first-order valence-corrected chi connectivity index (χ1v) is 7.61. The highest BCUT2D eigenvalue weighted by molar-refractivity contribution is 8.13. The molecule has 0 aliphatic heterocycles. The van der Waals surface area contributed by atoms with Crippen LogP contribution in [0.15, 0.2) is 29.4 Å². The molecule has 0 aromatic carbocycles.